The molecule has 3 heterocycles. The summed E-state index contributed by atoms with van der Waals surface area (Å²) in [6.07, 6.45) is 1.82. The number of nitrogens with zero attached hydrogens (tertiary/aromatic N) is 3. The minimum atomic E-state index is -0.951. The van der Waals surface area contributed by atoms with Crippen molar-refractivity contribution in [3.63, 3.8) is 0 Å². The normalized spacial score (nSPS) is 12.5. The maximum Gasteiger partial charge on any atom is 0.305 e. The van der Waals surface area contributed by atoms with Crippen molar-refractivity contribution in [3.05, 3.63) is 53.7 Å². The van der Waals surface area contributed by atoms with Crippen LogP contribution in [0.15, 0.2) is 53.1 Å². The van der Waals surface area contributed by atoms with E-state index in [1.807, 2.05) is 36.5 Å². The van der Waals surface area contributed by atoms with E-state index in [0.29, 0.717) is 10.9 Å². The van der Waals surface area contributed by atoms with Crippen LogP contribution in [0.4, 0.5) is 0 Å². The second-order valence-electron chi connectivity index (χ2n) is 5.54. The topological polar surface area (TPSA) is 57.0 Å². The zero-order valence-corrected chi connectivity index (χ0v) is 16.1. The van der Waals surface area contributed by atoms with Crippen molar-refractivity contribution in [2.24, 2.45) is 0 Å². The van der Waals surface area contributed by atoms with E-state index in [4.69, 9.17) is 16.3 Å². The molecule has 5 nitrogen and oxygen atoms in total. The van der Waals surface area contributed by atoms with E-state index in [9.17, 15) is 4.79 Å². The number of carbonyl (C=O) groups excluding carboxylic acids is 1. The Labute approximate surface area is 163 Å². The number of fused-ring (bicyclic) bond motifs is 2. The van der Waals surface area contributed by atoms with Crippen LogP contribution in [0, 0.1) is 0 Å². The number of para-hydroxylation sites is 2. The van der Waals surface area contributed by atoms with Gasteiger partial charge in [-0.05, 0) is 35.0 Å². The number of aromatic nitrogens is 3. The molecule has 0 fully saturated rings. The lowest BCUT2D eigenvalue weighted by Gasteiger charge is -2.15. The molecule has 8 heteroatoms. The van der Waals surface area contributed by atoms with Gasteiger partial charge in [-0.3, -0.25) is 14.3 Å². The molecule has 0 radical (unpaired) electrons. The van der Waals surface area contributed by atoms with Crippen LogP contribution in [0.3, 0.4) is 0 Å². The molecule has 0 bridgehead atoms. The molecular formula is C18H14ClN3O2S2. The fraction of sp³-hybridized carbons (Fsp3) is 0.167. The number of esters is 1. The highest BCUT2D eigenvalue weighted by Crippen LogP contribution is 2.33. The number of hydrogen-bond acceptors (Lipinski definition) is 6. The highest BCUT2D eigenvalue weighted by Gasteiger charge is 2.20. The van der Waals surface area contributed by atoms with Crippen molar-refractivity contribution >= 4 is 61.8 Å². The van der Waals surface area contributed by atoms with Crippen molar-refractivity contribution in [1.29, 1.82) is 0 Å². The highest BCUT2D eigenvalue weighted by molar-refractivity contribution is 7.98. The van der Waals surface area contributed by atoms with Gasteiger partial charge in [0, 0.05) is 18.9 Å². The van der Waals surface area contributed by atoms with Gasteiger partial charge >= 0.3 is 5.97 Å². The molecule has 1 atom stereocenters. The Hall–Kier alpha value is -2.09. The molecule has 0 amide bonds. The van der Waals surface area contributed by atoms with Gasteiger partial charge in [-0.25, -0.2) is 4.98 Å². The van der Waals surface area contributed by atoms with Crippen LogP contribution >= 0.6 is 34.7 Å². The Bertz CT molecular complexity index is 1090. The van der Waals surface area contributed by atoms with E-state index in [1.165, 1.54) is 28.8 Å². The van der Waals surface area contributed by atoms with E-state index in [-0.39, 0.29) is 0 Å². The summed E-state index contributed by atoms with van der Waals surface area (Å²) in [4.78, 5) is 20.5. The van der Waals surface area contributed by atoms with E-state index in [0.717, 1.165) is 16.7 Å². The number of carbonyl (C=O) groups is 1. The first-order valence-corrected chi connectivity index (χ1v) is 10.2. The largest absolute Gasteiger partial charge is 0.427 e. The maximum absolute atomic E-state index is 11.3. The molecule has 26 heavy (non-hydrogen) atoms. The monoisotopic (exact) mass is 403 g/mol. The SMILES string of the molecule is CC(=O)OC(Cl)n1c(SCc2nccc3ccsc23)nc2ccccc21. The number of alkyl halides is 1. The third kappa shape index (κ3) is 3.30. The molecule has 1 unspecified atom stereocenters. The van der Waals surface area contributed by atoms with E-state index in [2.05, 4.69) is 21.4 Å². The summed E-state index contributed by atoms with van der Waals surface area (Å²) in [5, 5.41) is 3.93. The molecule has 0 aliphatic heterocycles. The number of halogens is 1. The van der Waals surface area contributed by atoms with E-state index in [1.54, 1.807) is 15.9 Å². The third-order valence-corrected chi connectivity index (χ3v) is 6.04. The first-order chi connectivity index (χ1) is 12.6. The van der Waals surface area contributed by atoms with Gasteiger partial charge < -0.3 is 4.74 Å². The average molecular weight is 404 g/mol. The summed E-state index contributed by atoms with van der Waals surface area (Å²) in [7, 11) is 0. The van der Waals surface area contributed by atoms with Gasteiger partial charge in [0.2, 0.25) is 0 Å². The number of thiophene rings is 1. The number of imidazole rings is 1. The Morgan fingerprint density at radius 1 is 1.35 bits per heavy atom. The lowest BCUT2D eigenvalue weighted by Crippen LogP contribution is -2.11. The van der Waals surface area contributed by atoms with Crippen LogP contribution in [0.25, 0.3) is 21.1 Å². The predicted molar refractivity (Wildman–Crippen MR) is 106 cm³/mol. The van der Waals surface area contributed by atoms with Crippen molar-refractivity contribution in [2.75, 3.05) is 0 Å². The lowest BCUT2D eigenvalue weighted by atomic mass is 10.3. The average Bonchev–Trinajstić information content (AvgIpc) is 3.23. The summed E-state index contributed by atoms with van der Waals surface area (Å²) < 4.78 is 8.08. The Balaban J connectivity index is 1.69. The summed E-state index contributed by atoms with van der Waals surface area (Å²) in [5.41, 5.74) is 1.67. The highest BCUT2D eigenvalue weighted by atomic mass is 35.5. The lowest BCUT2D eigenvalue weighted by molar-refractivity contribution is -0.145. The van der Waals surface area contributed by atoms with Gasteiger partial charge in [0.25, 0.3) is 5.69 Å². The standard InChI is InChI=1S/C18H14ClN3O2S2/c1-11(23)24-17(19)22-15-5-3-2-4-13(15)21-18(22)26-10-14-16-12(6-8-20-14)7-9-25-16/h2-9,17H,10H2,1H3. The first-order valence-electron chi connectivity index (χ1n) is 7.85. The maximum atomic E-state index is 11.3. The Morgan fingerprint density at radius 3 is 3.04 bits per heavy atom. The van der Waals surface area contributed by atoms with Gasteiger partial charge in [0.15, 0.2) is 5.16 Å². The second kappa shape index (κ2) is 7.26. The first kappa shape index (κ1) is 17.3. The number of benzene rings is 1. The molecule has 0 spiro atoms. The minimum Gasteiger partial charge on any atom is -0.427 e. The molecule has 4 rings (SSSR count). The molecule has 0 aliphatic rings. The van der Waals surface area contributed by atoms with Gasteiger partial charge in [0.05, 0.1) is 21.4 Å². The van der Waals surface area contributed by atoms with Gasteiger partial charge in [-0.1, -0.05) is 35.5 Å². The van der Waals surface area contributed by atoms with Crippen molar-refractivity contribution in [3.8, 4) is 0 Å². The van der Waals surface area contributed by atoms with Gasteiger partial charge in [-0.2, -0.15) is 0 Å². The zero-order chi connectivity index (χ0) is 18.1. The predicted octanol–water partition coefficient (Wildman–Crippen LogP) is 5.20. The summed E-state index contributed by atoms with van der Waals surface area (Å²) in [6, 6.07) is 11.7. The van der Waals surface area contributed by atoms with E-state index >= 15 is 0 Å². The van der Waals surface area contributed by atoms with Crippen molar-refractivity contribution in [1.82, 2.24) is 14.5 Å². The van der Waals surface area contributed by atoms with E-state index < -0.39 is 11.7 Å². The molecular weight excluding hydrogens is 390 g/mol. The second-order valence-corrected chi connectivity index (χ2v) is 7.77. The Kier molecular flexibility index (Phi) is 4.84. The number of hydrogen-bond donors (Lipinski definition) is 0. The molecule has 0 N–H and O–H groups in total. The van der Waals surface area contributed by atoms with Gasteiger partial charge in [-0.15, -0.1) is 11.3 Å². The molecule has 3 aromatic heterocycles. The van der Waals surface area contributed by atoms with Crippen LogP contribution in [0.5, 0.6) is 0 Å². The quantitative estimate of drug-likeness (QED) is 0.260. The third-order valence-electron chi connectivity index (χ3n) is 3.81. The summed E-state index contributed by atoms with van der Waals surface area (Å²) in [5.74, 6) is 0.203. The molecule has 0 saturated carbocycles. The fourth-order valence-electron chi connectivity index (χ4n) is 2.70. The van der Waals surface area contributed by atoms with Crippen molar-refractivity contribution in [2.45, 2.75) is 23.5 Å². The minimum absolute atomic E-state index is 0.441. The number of pyridine rings is 1. The smallest absolute Gasteiger partial charge is 0.305 e. The van der Waals surface area contributed by atoms with Crippen LogP contribution < -0.4 is 0 Å². The van der Waals surface area contributed by atoms with Crippen molar-refractivity contribution < 1.29 is 9.53 Å². The van der Waals surface area contributed by atoms with Crippen LogP contribution in [-0.2, 0) is 15.3 Å². The zero-order valence-electron chi connectivity index (χ0n) is 13.8. The van der Waals surface area contributed by atoms with Crippen LogP contribution in [0.2, 0.25) is 0 Å². The number of ether oxygens (including phenoxy) is 1. The molecule has 4 aromatic rings. The van der Waals surface area contributed by atoms with Crippen LogP contribution in [0.1, 0.15) is 18.3 Å². The fourth-order valence-corrected chi connectivity index (χ4v) is 5.03. The molecule has 1 aromatic carbocycles. The molecule has 132 valence electrons. The molecule has 0 aliphatic carbocycles. The molecule has 0 saturated heterocycles. The van der Waals surface area contributed by atoms with Crippen LogP contribution in [-0.4, -0.2) is 20.5 Å². The Morgan fingerprint density at radius 2 is 2.19 bits per heavy atom. The number of rotatable bonds is 5. The summed E-state index contributed by atoms with van der Waals surface area (Å²) >= 11 is 9.53. The van der Waals surface area contributed by atoms with Gasteiger partial charge in [0.1, 0.15) is 0 Å². The number of thioether (sulfide) groups is 1. The summed E-state index contributed by atoms with van der Waals surface area (Å²) in [6.45, 7) is 1.34.